The van der Waals surface area contributed by atoms with Crippen LogP contribution in [-0.2, 0) is 0 Å². The Kier molecular flexibility index (Phi) is 6.72. The smallest absolute Gasteiger partial charge is 0.317 e. The van der Waals surface area contributed by atoms with Gasteiger partial charge in [0.25, 0.3) is 0 Å². The molecule has 1 fully saturated rings. The Morgan fingerprint density at radius 3 is 2.61 bits per heavy atom. The van der Waals surface area contributed by atoms with Crippen LogP contribution in [0.15, 0.2) is 24.3 Å². The zero-order valence-electron chi connectivity index (χ0n) is 14.0. The van der Waals surface area contributed by atoms with Gasteiger partial charge in [0.15, 0.2) is 0 Å². The molecule has 1 aliphatic heterocycles. The van der Waals surface area contributed by atoms with Crippen LogP contribution in [0.1, 0.15) is 44.7 Å². The molecule has 2 N–H and O–H groups in total. The SMILES string of the molecule is CC(C)CCC(NC(=O)N1CCC(CO)C1)c1ccc(Cl)cc1. The molecule has 2 amide bonds. The normalized spacial score (nSPS) is 19.2. The number of amides is 2. The lowest BCUT2D eigenvalue weighted by Gasteiger charge is -2.24. The zero-order valence-corrected chi connectivity index (χ0v) is 14.7. The summed E-state index contributed by atoms with van der Waals surface area (Å²) >= 11 is 5.97. The average Bonchev–Trinajstić information content (AvgIpc) is 3.01. The van der Waals surface area contributed by atoms with Crippen LogP contribution in [0.4, 0.5) is 4.79 Å². The summed E-state index contributed by atoms with van der Waals surface area (Å²) in [6, 6.07) is 7.65. The molecule has 4 nitrogen and oxygen atoms in total. The van der Waals surface area contributed by atoms with Crippen molar-refractivity contribution < 1.29 is 9.90 Å². The number of hydrogen-bond donors (Lipinski definition) is 2. The first-order valence-corrected chi connectivity index (χ1v) is 8.79. The second-order valence-electron chi connectivity index (χ2n) is 6.81. The average molecular weight is 339 g/mol. The second-order valence-corrected chi connectivity index (χ2v) is 7.24. The summed E-state index contributed by atoms with van der Waals surface area (Å²) in [5, 5.41) is 13.1. The van der Waals surface area contributed by atoms with Gasteiger partial charge in [0.05, 0.1) is 6.04 Å². The summed E-state index contributed by atoms with van der Waals surface area (Å²) < 4.78 is 0. The van der Waals surface area contributed by atoms with E-state index < -0.39 is 0 Å². The molecule has 1 aromatic rings. The standard InChI is InChI=1S/C18H27ClN2O2/c1-13(2)3-8-17(15-4-6-16(19)7-5-15)20-18(23)21-10-9-14(11-21)12-22/h4-7,13-14,17,22H,3,8-12H2,1-2H3,(H,20,23). The molecule has 1 aromatic carbocycles. The molecule has 23 heavy (non-hydrogen) atoms. The minimum absolute atomic E-state index is 0.00431. The Hall–Kier alpha value is -1.26. The number of aliphatic hydroxyl groups is 1. The van der Waals surface area contributed by atoms with Crippen LogP contribution in [0.2, 0.25) is 5.02 Å². The minimum atomic E-state index is -0.0374. The second kappa shape index (κ2) is 8.55. The third kappa shape index (κ3) is 5.40. The molecule has 0 aliphatic carbocycles. The number of likely N-dealkylation sites (tertiary alicyclic amines) is 1. The molecule has 0 radical (unpaired) electrons. The van der Waals surface area contributed by atoms with Gasteiger partial charge in [0.1, 0.15) is 0 Å². The van der Waals surface area contributed by atoms with Crippen molar-refractivity contribution in [3.8, 4) is 0 Å². The Morgan fingerprint density at radius 1 is 1.35 bits per heavy atom. The van der Waals surface area contributed by atoms with E-state index in [2.05, 4.69) is 19.2 Å². The van der Waals surface area contributed by atoms with Gasteiger partial charge < -0.3 is 15.3 Å². The number of hydrogen-bond acceptors (Lipinski definition) is 2. The van der Waals surface area contributed by atoms with Gasteiger partial charge >= 0.3 is 6.03 Å². The van der Waals surface area contributed by atoms with Gasteiger partial charge in [-0.3, -0.25) is 0 Å². The van der Waals surface area contributed by atoms with Crippen LogP contribution in [0.5, 0.6) is 0 Å². The fraction of sp³-hybridized carbons (Fsp3) is 0.611. The number of benzene rings is 1. The minimum Gasteiger partial charge on any atom is -0.396 e. The number of urea groups is 1. The highest BCUT2D eigenvalue weighted by Gasteiger charge is 2.27. The van der Waals surface area contributed by atoms with Crippen LogP contribution in [0, 0.1) is 11.8 Å². The number of rotatable bonds is 6. The predicted octanol–water partition coefficient (Wildman–Crippen LogP) is 3.84. The number of nitrogens with zero attached hydrogens (tertiary/aromatic N) is 1. The quantitative estimate of drug-likeness (QED) is 0.828. The Morgan fingerprint density at radius 2 is 2.04 bits per heavy atom. The molecule has 1 heterocycles. The first-order valence-electron chi connectivity index (χ1n) is 8.41. The molecule has 2 atom stereocenters. The van der Waals surface area contributed by atoms with Crippen LogP contribution in [0.25, 0.3) is 0 Å². The maximum Gasteiger partial charge on any atom is 0.317 e. The van der Waals surface area contributed by atoms with Crippen molar-refractivity contribution in [2.75, 3.05) is 19.7 Å². The van der Waals surface area contributed by atoms with Crippen molar-refractivity contribution in [2.24, 2.45) is 11.8 Å². The molecule has 2 rings (SSSR count). The molecule has 5 heteroatoms. The molecule has 1 aliphatic rings. The highest BCUT2D eigenvalue weighted by Crippen LogP contribution is 2.24. The largest absolute Gasteiger partial charge is 0.396 e. The summed E-state index contributed by atoms with van der Waals surface area (Å²) in [5.74, 6) is 0.803. The molecule has 128 valence electrons. The van der Waals surface area contributed by atoms with Crippen LogP contribution < -0.4 is 5.32 Å². The van der Waals surface area contributed by atoms with Gasteiger partial charge in [-0.15, -0.1) is 0 Å². The van der Waals surface area contributed by atoms with E-state index in [1.165, 1.54) is 0 Å². The van der Waals surface area contributed by atoms with Crippen molar-refractivity contribution >= 4 is 17.6 Å². The van der Waals surface area contributed by atoms with E-state index in [4.69, 9.17) is 11.6 Å². The first-order chi connectivity index (χ1) is 11.0. The van der Waals surface area contributed by atoms with Crippen molar-refractivity contribution in [2.45, 2.75) is 39.2 Å². The molecule has 0 aromatic heterocycles. The Bertz CT molecular complexity index is 504. The van der Waals surface area contributed by atoms with Gasteiger partial charge in [0, 0.05) is 30.6 Å². The van der Waals surface area contributed by atoms with E-state index in [0.29, 0.717) is 24.0 Å². The van der Waals surface area contributed by atoms with Gasteiger partial charge in [-0.1, -0.05) is 37.6 Å². The van der Waals surface area contributed by atoms with Gasteiger partial charge in [0.2, 0.25) is 0 Å². The van der Waals surface area contributed by atoms with Gasteiger partial charge in [-0.05, 0) is 42.9 Å². The van der Waals surface area contributed by atoms with Crippen molar-refractivity contribution in [1.82, 2.24) is 10.2 Å². The topological polar surface area (TPSA) is 52.6 Å². The summed E-state index contributed by atoms with van der Waals surface area (Å²) in [6.45, 7) is 5.88. The van der Waals surface area contributed by atoms with E-state index in [0.717, 1.165) is 24.8 Å². The lowest BCUT2D eigenvalue weighted by molar-refractivity contribution is 0.194. The zero-order chi connectivity index (χ0) is 16.8. The maximum atomic E-state index is 12.5. The highest BCUT2D eigenvalue weighted by molar-refractivity contribution is 6.30. The van der Waals surface area contributed by atoms with Crippen LogP contribution >= 0.6 is 11.6 Å². The van der Waals surface area contributed by atoms with Crippen molar-refractivity contribution in [3.63, 3.8) is 0 Å². The van der Waals surface area contributed by atoms with E-state index in [-0.39, 0.29) is 24.6 Å². The molecular formula is C18H27ClN2O2. The summed E-state index contributed by atoms with van der Waals surface area (Å²) in [7, 11) is 0. The van der Waals surface area contributed by atoms with Crippen molar-refractivity contribution in [3.05, 3.63) is 34.9 Å². The Balaban J connectivity index is 2.02. The monoisotopic (exact) mass is 338 g/mol. The fourth-order valence-corrected chi connectivity index (χ4v) is 3.05. The number of carbonyl (C=O) groups excluding carboxylic acids is 1. The summed E-state index contributed by atoms with van der Waals surface area (Å²) in [5.41, 5.74) is 1.08. The number of nitrogens with one attached hydrogen (secondary N) is 1. The van der Waals surface area contributed by atoms with Crippen LogP contribution in [0.3, 0.4) is 0 Å². The van der Waals surface area contributed by atoms with E-state index in [1.807, 2.05) is 24.3 Å². The maximum absolute atomic E-state index is 12.5. The van der Waals surface area contributed by atoms with Gasteiger partial charge in [-0.2, -0.15) is 0 Å². The number of aliphatic hydroxyl groups excluding tert-OH is 1. The Labute approximate surface area is 143 Å². The molecule has 2 unspecified atom stereocenters. The molecule has 0 bridgehead atoms. The first kappa shape index (κ1) is 18.1. The predicted molar refractivity (Wildman–Crippen MR) is 93.6 cm³/mol. The van der Waals surface area contributed by atoms with Crippen molar-refractivity contribution in [1.29, 1.82) is 0 Å². The lowest BCUT2D eigenvalue weighted by Crippen LogP contribution is -2.40. The lowest BCUT2D eigenvalue weighted by atomic mass is 9.98. The van der Waals surface area contributed by atoms with Gasteiger partial charge in [-0.25, -0.2) is 4.79 Å². The van der Waals surface area contributed by atoms with Crippen LogP contribution in [-0.4, -0.2) is 35.7 Å². The molecule has 0 spiro atoms. The highest BCUT2D eigenvalue weighted by atomic mass is 35.5. The van der Waals surface area contributed by atoms with E-state index in [9.17, 15) is 9.90 Å². The number of carbonyl (C=O) groups is 1. The third-order valence-corrected chi connectivity index (χ3v) is 4.69. The molecular weight excluding hydrogens is 312 g/mol. The third-order valence-electron chi connectivity index (χ3n) is 4.43. The molecule has 1 saturated heterocycles. The van der Waals surface area contributed by atoms with E-state index >= 15 is 0 Å². The fourth-order valence-electron chi connectivity index (χ4n) is 2.92. The van der Waals surface area contributed by atoms with E-state index in [1.54, 1.807) is 4.90 Å². The summed E-state index contributed by atoms with van der Waals surface area (Å²) in [6.07, 6.45) is 2.83. The molecule has 0 saturated carbocycles. The number of halogens is 1. The summed E-state index contributed by atoms with van der Waals surface area (Å²) in [4.78, 5) is 14.3.